The van der Waals surface area contributed by atoms with Crippen LogP contribution < -0.4 is 5.32 Å². The van der Waals surface area contributed by atoms with Crippen molar-refractivity contribution in [2.24, 2.45) is 0 Å². The topological polar surface area (TPSA) is 57.8 Å². The van der Waals surface area contributed by atoms with E-state index in [0.717, 1.165) is 10.9 Å². The molecule has 0 spiro atoms. The Bertz CT molecular complexity index is 783. The lowest BCUT2D eigenvalue weighted by molar-refractivity contribution is 0.0935. The first-order valence-corrected chi connectivity index (χ1v) is 7.01. The highest BCUT2D eigenvalue weighted by Gasteiger charge is 2.14. The number of pyridine rings is 1. The second-order valence-corrected chi connectivity index (χ2v) is 5.32. The van der Waals surface area contributed by atoms with Gasteiger partial charge >= 0.3 is 0 Å². The number of hydrogen-bond donors (Lipinski definition) is 2. The van der Waals surface area contributed by atoms with Crippen LogP contribution in [0, 0.1) is 0 Å². The van der Waals surface area contributed by atoms with E-state index in [0.29, 0.717) is 16.4 Å². The van der Waals surface area contributed by atoms with E-state index in [1.165, 1.54) is 0 Å². The number of aromatic nitrogens is 2. The number of halogens is 1. The van der Waals surface area contributed by atoms with Gasteiger partial charge in [-0.15, -0.1) is 0 Å². The van der Waals surface area contributed by atoms with E-state index in [4.69, 9.17) is 11.6 Å². The van der Waals surface area contributed by atoms with Gasteiger partial charge in [0.2, 0.25) is 0 Å². The van der Waals surface area contributed by atoms with Gasteiger partial charge in [-0.3, -0.25) is 4.79 Å². The molecule has 0 saturated heterocycles. The predicted molar refractivity (Wildman–Crippen MR) is 83.4 cm³/mol. The van der Waals surface area contributed by atoms with Gasteiger partial charge in [0.15, 0.2) is 0 Å². The molecule has 2 heterocycles. The third kappa shape index (κ3) is 2.90. The molecule has 106 valence electrons. The number of carbonyl (C=O) groups excluding carboxylic acids is 1. The van der Waals surface area contributed by atoms with Crippen molar-refractivity contribution < 1.29 is 4.79 Å². The van der Waals surface area contributed by atoms with Gasteiger partial charge in [-0.05, 0) is 24.6 Å². The van der Waals surface area contributed by atoms with Gasteiger partial charge in [-0.1, -0.05) is 41.9 Å². The van der Waals surface area contributed by atoms with Crippen molar-refractivity contribution in [1.29, 1.82) is 0 Å². The molecule has 0 unspecified atom stereocenters. The maximum atomic E-state index is 12.3. The largest absolute Gasteiger partial charge is 0.344 e. The van der Waals surface area contributed by atoms with Crippen LogP contribution in [-0.2, 0) is 0 Å². The van der Waals surface area contributed by atoms with Gasteiger partial charge in [-0.25, -0.2) is 4.98 Å². The first kappa shape index (κ1) is 13.6. The van der Waals surface area contributed by atoms with Gasteiger partial charge in [-0.2, -0.15) is 0 Å². The molecule has 4 nitrogen and oxygen atoms in total. The van der Waals surface area contributed by atoms with E-state index >= 15 is 0 Å². The Labute approximate surface area is 127 Å². The number of hydrogen-bond acceptors (Lipinski definition) is 2. The molecule has 3 rings (SSSR count). The molecule has 1 amide bonds. The molecular formula is C16H14ClN3O. The summed E-state index contributed by atoms with van der Waals surface area (Å²) in [5.74, 6) is -0.166. The first-order valence-electron chi connectivity index (χ1n) is 6.63. The fourth-order valence-corrected chi connectivity index (χ4v) is 2.38. The van der Waals surface area contributed by atoms with Crippen molar-refractivity contribution in [2.75, 3.05) is 0 Å². The monoisotopic (exact) mass is 299 g/mol. The van der Waals surface area contributed by atoms with Crippen molar-refractivity contribution in [1.82, 2.24) is 15.3 Å². The third-order valence-electron chi connectivity index (χ3n) is 3.33. The number of H-pyrrole nitrogens is 1. The molecule has 0 saturated carbocycles. The summed E-state index contributed by atoms with van der Waals surface area (Å²) >= 11 is 5.89. The van der Waals surface area contributed by atoms with Crippen LogP contribution in [0.2, 0.25) is 5.02 Å². The molecule has 0 fully saturated rings. The molecule has 5 heteroatoms. The van der Waals surface area contributed by atoms with Gasteiger partial charge in [0.25, 0.3) is 5.91 Å². The zero-order valence-corrected chi connectivity index (χ0v) is 12.2. The number of nitrogens with zero attached hydrogens (tertiary/aromatic N) is 1. The fourth-order valence-electron chi connectivity index (χ4n) is 2.21. The van der Waals surface area contributed by atoms with Crippen LogP contribution in [0.3, 0.4) is 0 Å². The summed E-state index contributed by atoms with van der Waals surface area (Å²) in [5, 5.41) is 4.32. The Balaban J connectivity index is 1.80. The fraction of sp³-hybridized carbons (Fsp3) is 0.125. The van der Waals surface area contributed by atoms with Gasteiger partial charge in [0, 0.05) is 11.6 Å². The van der Waals surface area contributed by atoms with Gasteiger partial charge < -0.3 is 10.3 Å². The molecule has 3 aromatic rings. The Morgan fingerprint density at radius 2 is 2.05 bits per heavy atom. The summed E-state index contributed by atoms with van der Waals surface area (Å²) in [7, 11) is 0. The van der Waals surface area contributed by atoms with Crippen LogP contribution in [-0.4, -0.2) is 15.9 Å². The lowest BCUT2D eigenvalue weighted by Crippen LogP contribution is -2.26. The third-order valence-corrected chi connectivity index (χ3v) is 3.54. The summed E-state index contributed by atoms with van der Waals surface area (Å²) in [6.07, 6.45) is 1.55. The van der Waals surface area contributed by atoms with E-state index in [-0.39, 0.29) is 11.9 Å². The maximum Gasteiger partial charge on any atom is 0.268 e. The van der Waals surface area contributed by atoms with Crippen molar-refractivity contribution >= 4 is 28.5 Å². The summed E-state index contributed by atoms with van der Waals surface area (Å²) in [5.41, 5.74) is 2.18. The molecule has 21 heavy (non-hydrogen) atoms. The van der Waals surface area contributed by atoms with Crippen molar-refractivity contribution in [3.8, 4) is 0 Å². The summed E-state index contributed by atoms with van der Waals surface area (Å²) in [6.45, 7) is 1.95. The minimum atomic E-state index is -0.166. The van der Waals surface area contributed by atoms with E-state index < -0.39 is 0 Å². The summed E-state index contributed by atoms with van der Waals surface area (Å²) in [4.78, 5) is 19.4. The molecule has 0 aliphatic carbocycles. The van der Waals surface area contributed by atoms with E-state index in [1.54, 1.807) is 18.3 Å². The Hall–Kier alpha value is -2.33. The molecule has 0 radical (unpaired) electrons. The Morgan fingerprint density at radius 1 is 1.29 bits per heavy atom. The van der Waals surface area contributed by atoms with Crippen LogP contribution in [0.4, 0.5) is 0 Å². The summed E-state index contributed by atoms with van der Waals surface area (Å²) in [6, 6.07) is 13.3. The summed E-state index contributed by atoms with van der Waals surface area (Å²) < 4.78 is 0. The second-order valence-electron chi connectivity index (χ2n) is 4.88. The van der Waals surface area contributed by atoms with Crippen LogP contribution in [0.25, 0.3) is 11.0 Å². The standard InChI is InChI=1S/C16H14ClN3O/c1-10(11-5-3-2-4-6-11)19-16(21)14-8-12-7-13(17)9-18-15(12)20-14/h2-10H,1H3,(H,18,20)(H,19,21)/t10-/m1/s1. The minimum Gasteiger partial charge on any atom is -0.344 e. The maximum absolute atomic E-state index is 12.3. The van der Waals surface area contributed by atoms with E-state index in [1.807, 2.05) is 37.3 Å². The molecule has 2 N–H and O–H groups in total. The van der Waals surface area contributed by atoms with E-state index in [2.05, 4.69) is 15.3 Å². The minimum absolute atomic E-state index is 0.0679. The molecule has 0 bridgehead atoms. The highest BCUT2D eigenvalue weighted by atomic mass is 35.5. The molecule has 1 aromatic carbocycles. The zero-order chi connectivity index (χ0) is 14.8. The number of rotatable bonds is 3. The average Bonchev–Trinajstić information content (AvgIpc) is 2.91. The quantitative estimate of drug-likeness (QED) is 0.774. The smallest absolute Gasteiger partial charge is 0.268 e. The zero-order valence-electron chi connectivity index (χ0n) is 11.4. The van der Waals surface area contributed by atoms with E-state index in [9.17, 15) is 4.79 Å². The Morgan fingerprint density at radius 3 is 2.81 bits per heavy atom. The SMILES string of the molecule is C[C@@H](NC(=O)c1cc2cc(Cl)cnc2[nH]1)c1ccccc1. The first-order chi connectivity index (χ1) is 10.1. The van der Waals surface area contributed by atoms with Crippen LogP contribution in [0.5, 0.6) is 0 Å². The van der Waals surface area contributed by atoms with Crippen LogP contribution in [0.15, 0.2) is 48.7 Å². The highest BCUT2D eigenvalue weighted by molar-refractivity contribution is 6.31. The normalized spacial score (nSPS) is 12.3. The molecule has 0 aliphatic heterocycles. The molecule has 0 aliphatic rings. The number of amides is 1. The van der Waals surface area contributed by atoms with Crippen LogP contribution >= 0.6 is 11.6 Å². The van der Waals surface area contributed by atoms with Gasteiger partial charge in [0.05, 0.1) is 11.1 Å². The lowest BCUT2D eigenvalue weighted by Gasteiger charge is -2.13. The number of fused-ring (bicyclic) bond motifs is 1. The molecule has 1 atom stereocenters. The number of carbonyl (C=O) groups is 1. The number of benzene rings is 1. The Kier molecular flexibility index (Phi) is 3.62. The van der Waals surface area contributed by atoms with Crippen molar-refractivity contribution in [3.05, 3.63) is 64.9 Å². The lowest BCUT2D eigenvalue weighted by atomic mass is 10.1. The predicted octanol–water partition coefficient (Wildman–Crippen LogP) is 3.71. The van der Waals surface area contributed by atoms with Crippen molar-refractivity contribution in [3.63, 3.8) is 0 Å². The number of aromatic amines is 1. The molecule has 2 aromatic heterocycles. The number of nitrogens with one attached hydrogen (secondary N) is 2. The highest BCUT2D eigenvalue weighted by Crippen LogP contribution is 2.18. The van der Waals surface area contributed by atoms with Crippen molar-refractivity contribution in [2.45, 2.75) is 13.0 Å². The van der Waals surface area contributed by atoms with Crippen LogP contribution in [0.1, 0.15) is 29.0 Å². The van der Waals surface area contributed by atoms with Gasteiger partial charge in [0.1, 0.15) is 11.3 Å². The average molecular weight is 300 g/mol. The second kappa shape index (κ2) is 5.58. The molecular weight excluding hydrogens is 286 g/mol.